The first-order valence-electron chi connectivity index (χ1n) is 2.90. The number of methoxy groups -OCH3 is 1. The van der Waals surface area contributed by atoms with Gasteiger partial charge in [0.1, 0.15) is 5.00 Å². The number of ether oxygens (including phenoxy) is 1. The maximum atomic E-state index is 10.8. The van der Waals surface area contributed by atoms with Crippen molar-refractivity contribution in [1.82, 2.24) is 9.59 Å². The van der Waals surface area contributed by atoms with Crippen molar-refractivity contribution in [3.05, 3.63) is 6.20 Å². The van der Waals surface area contributed by atoms with Gasteiger partial charge in [-0.25, -0.2) is 4.79 Å². The molecule has 0 aliphatic carbocycles. The highest BCUT2D eigenvalue weighted by atomic mass is 32.1. The zero-order valence-electron chi connectivity index (χ0n) is 6.10. The molecule has 0 aromatic carbocycles. The average Bonchev–Trinajstić information content (AvgIpc) is 2.55. The van der Waals surface area contributed by atoms with Gasteiger partial charge in [-0.1, -0.05) is 4.49 Å². The first kappa shape index (κ1) is 8.60. The Balaban J connectivity index is 2.53. The summed E-state index contributed by atoms with van der Waals surface area (Å²) in [6.45, 7) is 0. The molecule has 0 atom stereocenters. The number of aromatic nitrogens is 2. The van der Waals surface area contributed by atoms with Crippen LogP contribution in [0.1, 0.15) is 0 Å². The van der Waals surface area contributed by atoms with Gasteiger partial charge in [0.15, 0.2) is 0 Å². The summed E-state index contributed by atoms with van der Waals surface area (Å²) in [5.41, 5.74) is 0. The molecule has 1 rings (SSSR count). The van der Waals surface area contributed by atoms with E-state index in [0.717, 1.165) is 18.6 Å². The van der Waals surface area contributed by atoms with Crippen LogP contribution >= 0.6 is 11.5 Å². The Morgan fingerprint density at radius 2 is 2.42 bits per heavy atom. The second kappa shape index (κ2) is 3.77. The van der Waals surface area contributed by atoms with Crippen LogP contribution in [-0.2, 0) is 14.3 Å². The summed E-state index contributed by atoms with van der Waals surface area (Å²) in [7, 11) is 1.13. The lowest BCUT2D eigenvalue weighted by Gasteiger charge is -1.97. The van der Waals surface area contributed by atoms with Gasteiger partial charge in [0.2, 0.25) is 0 Å². The highest BCUT2D eigenvalue weighted by Crippen LogP contribution is 2.08. The van der Waals surface area contributed by atoms with E-state index >= 15 is 0 Å². The molecule has 6 nitrogen and oxygen atoms in total. The molecule has 1 N–H and O–H groups in total. The van der Waals surface area contributed by atoms with Gasteiger partial charge in [-0.3, -0.25) is 4.79 Å². The fourth-order valence-electron chi connectivity index (χ4n) is 0.478. The lowest BCUT2D eigenvalue weighted by molar-refractivity contribution is -0.150. The predicted octanol–water partition coefficient (Wildman–Crippen LogP) is -0.350. The molecule has 1 aromatic heterocycles. The van der Waals surface area contributed by atoms with Gasteiger partial charge in [0.25, 0.3) is 0 Å². The lowest BCUT2D eigenvalue weighted by Crippen LogP contribution is -2.23. The van der Waals surface area contributed by atoms with Crippen molar-refractivity contribution in [1.29, 1.82) is 0 Å². The second-order valence-electron chi connectivity index (χ2n) is 1.73. The zero-order valence-corrected chi connectivity index (χ0v) is 6.92. The van der Waals surface area contributed by atoms with Gasteiger partial charge in [0, 0.05) is 11.5 Å². The third-order valence-corrected chi connectivity index (χ3v) is 1.55. The van der Waals surface area contributed by atoms with Crippen molar-refractivity contribution in [3.8, 4) is 0 Å². The van der Waals surface area contributed by atoms with Crippen LogP contribution in [0.2, 0.25) is 0 Å². The first-order chi connectivity index (χ1) is 5.74. The van der Waals surface area contributed by atoms with Crippen LogP contribution in [0.3, 0.4) is 0 Å². The SMILES string of the molecule is COC(=O)C(=O)Nc1cnns1. The number of anilines is 1. The molecule has 0 bridgehead atoms. The molecule has 0 aliphatic heterocycles. The second-order valence-corrected chi connectivity index (χ2v) is 2.51. The number of carbonyl (C=O) groups excluding carboxylic acids is 2. The van der Waals surface area contributed by atoms with E-state index in [0.29, 0.717) is 5.00 Å². The lowest BCUT2D eigenvalue weighted by atomic mass is 10.6. The zero-order chi connectivity index (χ0) is 8.97. The summed E-state index contributed by atoms with van der Waals surface area (Å²) in [4.78, 5) is 21.4. The molecule has 1 heterocycles. The minimum atomic E-state index is -0.941. The number of carbonyl (C=O) groups is 2. The Labute approximate surface area is 71.7 Å². The van der Waals surface area contributed by atoms with Crippen LogP contribution < -0.4 is 5.32 Å². The molecule has 0 unspecified atom stereocenters. The molecular formula is C5H5N3O3S. The molecule has 0 radical (unpaired) electrons. The van der Waals surface area contributed by atoms with Crippen LogP contribution in [0.15, 0.2) is 6.20 Å². The van der Waals surface area contributed by atoms with E-state index < -0.39 is 11.9 Å². The van der Waals surface area contributed by atoms with E-state index in [1.807, 2.05) is 0 Å². The number of rotatable bonds is 1. The molecular weight excluding hydrogens is 182 g/mol. The van der Waals surface area contributed by atoms with Gasteiger partial charge < -0.3 is 10.1 Å². The number of esters is 1. The van der Waals surface area contributed by atoms with Crippen molar-refractivity contribution >= 4 is 28.4 Å². The number of hydrogen-bond donors (Lipinski definition) is 1. The summed E-state index contributed by atoms with van der Waals surface area (Å²) in [5.74, 6) is -1.77. The summed E-state index contributed by atoms with van der Waals surface area (Å²) >= 11 is 0.978. The maximum absolute atomic E-state index is 10.8. The van der Waals surface area contributed by atoms with Crippen LogP contribution in [0.25, 0.3) is 0 Å². The van der Waals surface area contributed by atoms with Gasteiger partial charge in [-0.05, 0) is 0 Å². The van der Waals surface area contributed by atoms with E-state index in [-0.39, 0.29) is 0 Å². The van der Waals surface area contributed by atoms with Crippen molar-refractivity contribution in [3.63, 3.8) is 0 Å². The molecule has 0 saturated carbocycles. The molecule has 0 aliphatic rings. The molecule has 0 saturated heterocycles. The summed E-state index contributed by atoms with van der Waals surface area (Å²) < 4.78 is 7.66. The van der Waals surface area contributed by atoms with Crippen molar-refractivity contribution < 1.29 is 14.3 Å². The Kier molecular flexibility index (Phi) is 2.70. The van der Waals surface area contributed by atoms with Crippen molar-refractivity contribution in [2.75, 3.05) is 12.4 Å². The Hall–Kier alpha value is -1.50. The minimum absolute atomic E-state index is 0.408. The Morgan fingerprint density at radius 1 is 1.67 bits per heavy atom. The fraction of sp³-hybridized carbons (Fsp3) is 0.200. The van der Waals surface area contributed by atoms with Gasteiger partial charge >= 0.3 is 11.9 Å². The standard InChI is InChI=1S/C5H5N3O3S/c1-11-5(10)4(9)7-3-2-6-8-12-3/h2H,1H3,(H,7,9). The maximum Gasteiger partial charge on any atom is 0.396 e. The third-order valence-electron chi connectivity index (χ3n) is 0.969. The smallest absolute Gasteiger partial charge is 0.396 e. The van der Waals surface area contributed by atoms with Crippen LogP contribution in [0, 0.1) is 0 Å². The van der Waals surface area contributed by atoms with E-state index in [9.17, 15) is 9.59 Å². The predicted molar refractivity (Wildman–Crippen MR) is 40.6 cm³/mol. The van der Waals surface area contributed by atoms with Gasteiger partial charge in [0.05, 0.1) is 13.3 Å². The molecule has 1 aromatic rings. The molecule has 1 amide bonds. The fourth-order valence-corrected chi connectivity index (χ4v) is 0.893. The highest BCUT2D eigenvalue weighted by molar-refractivity contribution is 7.10. The molecule has 7 heteroatoms. The van der Waals surface area contributed by atoms with Crippen LogP contribution in [-0.4, -0.2) is 28.6 Å². The van der Waals surface area contributed by atoms with E-state index in [4.69, 9.17) is 0 Å². The largest absolute Gasteiger partial charge is 0.462 e. The first-order valence-corrected chi connectivity index (χ1v) is 3.68. The van der Waals surface area contributed by atoms with Crippen molar-refractivity contribution in [2.24, 2.45) is 0 Å². The molecule has 12 heavy (non-hydrogen) atoms. The summed E-state index contributed by atoms with van der Waals surface area (Å²) in [5, 5.41) is 6.12. The van der Waals surface area contributed by atoms with Crippen LogP contribution in [0.5, 0.6) is 0 Å². The Bertz CT molecular complexity index is 284. The van der Waals surface area contributed by atoms with Gasteiger partial charge in [-0.15, -0.1) is 5.10 Å². The summed E-state index contributed by atoms with van der Waals surface area (Å²) in [6.07, 6.45) is 1.34. The van der Waals surface area contributed by atoms with E-state index in [2.05, 4.69) is 19.6 Å². The number of hydrogen-bond acceptors (Lipinski definition) is 6. The van der Waals surface area contributed by atoms with E-state index in [1.54, 1.807) is 0 Å². The van der Waals surface area contributed by atoms with Gasteiger partial charge in [-0.2, -0.15) is 0 Å². The van der Waals surface area contributed by atoms with Crippen molar-refractivity contribution in [2.45, 2.75) is 0 Å². The summed E-state index contributed by atoms with van der Waals surface area (Å²) in [6, 6.07) is 0. The molecule has 0 fully saturated rings. The number of amides is 1. The quantitative estimate of drug-likeness (QED) is 0.480. The molecule has 64 valence electrons. The minimum Gasteiger partial charge on any atom is -0.462 e. The normalized spacial score (nSPS) is 9.08. The highest BCUT2D eigenvalue weighted by Gasteiger charge is 2.14. The Morgan fingerprint density at radius 3 is 2.92 bits per heavy atom. The third kappa shape index (κ3) is 1.99. The average molecular weight is 187 g/mol. The number of nitrogens with zero attached hydrogens (tertiary/aromatic N) is 2. The van der Waals surface area contributed by atoms with E-state index in [1.165, 1.54) is 6.20 Å². The van der Waals surface area contributed by atoms with Crippen LogP contribution in [0.4, 0.5) is 5.00 Å². The monoisotopic (exact) mass is 187 g/mol. The molecule has 0 spiro atoms. The topological polar surface area (TPSA) is 81.2 Å². The number of nitrogens with one attached hydrogen (secondary N) is 1.